The van der Waals surface area contributed by atoms with Gasteiger partial charge in [0.05, 0.1) is 23.9 Å². The normalized spacial score (nSPS) is 12.7. The molecule has 7 nitrogen and oxygen atoms in total. The van der Waals surface area contributed by atoms with E-state index in [4.69, 9.17) is 9.47 Å². The van der Waals surface area contributed by atoms with Crippen molar-refractivity contribution in [2.75, 3.05) is 7.11 Å². The maximum absolute atomic E-state index is 12.8. The number of amides is 2. The van der Waals surface area contributed by atoms with E-state index in [0.29, 0.717) is 34.7 Å². The Morgan fingerprint density at radius 3 is 2.50 bits per heavy atom. The van der Waals surface area contributed by atoms with E-state index < -0.39 is 11.8 Å². The van der Waals surface area contributed by atoms with E-state index in [1.165, 1.54) is 0 Å². The van der Waals surface area contributed by atoms with Crippen molar-refractivity contribution in [3.63, 3.8) is 0 Å². The van der Waals surface area contributed by atoms with Gasteiger partial charge in [0.2, 0.25) is 0 Å². The van der Waals surface area contributed by atoms with Crippen LogP contribution in [0.5, 0.6) is 11.5 Å². The predicted octanol–water partition coefficient (Wildman–Crippen LogP) is 4.85. The molecule has 0 atom stereocenters. The monoisotopic (exact) mass is 449 g/mol. The van der Waals surface area contributed by atoms with Crippen LogP contribution in [0, 0.1) is 0 Å². The summed E-state index contributed by atoms with van der Waals surface area (Å²) in [5.41, 5.74) is 4.15. The smallest absolute Gasteiger partial charge is 0.277 e. The maximum atomic E-state index is 12.8. The number of hydrogen-bond acceptors (Lipinski definition) is 5. The Balaban J connectivity index is 1.58. The molecule has 2 amide bonds. The Hall–Kier alpha value is -4.65. The lowest BCUT2D eigenvalue weighted by molar-refractivity contribution is 0.0878. The van der Waals surface area contributed by atoms with Gasteiger partial charge in [-0.3, -0.25) is 14.9 Å². The molecule has 0 fully saturated rings. The summed E-state index contributed by atoms with van der Waals surface area (Å²) in [5.74, 6) is 0.308. The number of pyridine rings is 1. The third-order valence-electron chi connectivity index (χ3n) is 6.00. The first-order valence-corrected chi connectivity index (χ1v) is 10.8. The second-order valence-corrected chi connectivity index (χ2v) is 8.02. The number of fused-ring (bicyclic) bond motifs is 5. The largest absolute Gasteiger partial charge is 0.496 e. The van der Waals surface area contributed by atoms with Crippen LogP contribution >= 0.6 is 0 Å². The van der Waals surface area contributed by atoms with Crippen LogP contribution in [0.15, 0.2) is 72.8 Å². The van der Waals surface area contributed by atoms with Gasteiger partial charge in [-0.25, -0.2) is 4.98 Å². The molecular formula is C27H19N3O4. The van der Waals surface area contributed by atoms with Crippen LogP contribution in [-0.2, 0) is 6.61 Å². The summed E-state index contributed by atoms with van der Waals surface area (Å²) in [4.78, 5) is 33.3. The Labute approximate surface area is 194 Å². The zero-order valence-electron chi connectivity index (χ0n) is 18.2. The van der Waals surface area contributed by atoms with E-state index >= 15 is 0 Å². The van der Waals surface area contributed by atoms with Crippen molar-refractivity contribution in [1.82, 2.24) is 15.3 Å². The number of benzene rings is 3. The standard InChI is InChI=1S/C27H19N3O4/c1-33-20-10-6-5-9-17(20)23-24-21(22-25(29-23)27(32)30-26(22)31)18-13-16(11-12-19(18)28-24)34-14-15-7-3-2-4-8-15/h2-13,28H,14H2,1H3,(H,30,31,32). The fraction of sp³-hybridized carbons (Fsp3) is 0.0741. The highest BCUT2D eigenvalue weighted by molar-refractivity contribution is 6.30. The Kier molecular flexibility index (Phi) is 4.55. The van der Waals surface area contributed by atoms with Gasteiger partial charge in [0.25, 0.3) is 11.8 Å². The molecule has 3 aromatic carbocycles. The first kappa shape index (κ1) is 20.0. The van der Waals surface area contributed by atoms with E-state index in [1.54, 1.807) is 7.11 Å². The van der Waals surface area contributed by atoms with Crippen molar-refractivity contribution in [2.45, 2.75) is 6.61 Å². The molecule has 166 valence electrons. The highest BCUT2D eigenvalue weighted by Gasteiger charge is 2.34. The van der Waals surface area contributed by atoms with Crippen molar-refractivity contribution >= 4 is 33.6 Å². The zero-order valence-corrected chi connectivity index (χ0v) is 18.2. The van der Waals surface area contributed by atoms with Gasteiger partial charge in [0, 0.05) is 21.9 Å². The number of nitrogens with zero attached hydrogens (tertiary/aromatic N) is 1. The molecule has 2 aromatic heterocycles. The van der Waals surface area contributed by atoms with E-state index in [1.807, 2.05) is 72.8 Å². The van der Waals surface area contributed by atoms with Gasteiger partial charge in [0.15, 0.2) is 0 Å². The number of carbonyl (C=O) groups excluding carboxylic acids is 2. The molecule has 0 saturated heterocycles. The van der Waals surface area contributed by atoms with Gasteiger partial charge in [-0.2, -0.15) is 0 Å². The molecule has 0 unspecified atom stereocenters. The number of para-hydroxylation sites is 1. The van der Waals surface area contributed by atoms with Crippen molar-refractivity contribution in [3.8, 4) is 22.8 Å². The summed E-state index contributed by atoms with van der Waals surface area (Å²) in [5, 5.41) is 3.79. The lowest BCUT2D eigenvalue weighted by Gasteiger charge is -2.10. The van der Waals surface area contributed by atoms with E-state index in [-0.39, 0.29) is 11.3 Å². The molecule has 0 saturated carbocycles. The molecule has 0 aliphatic carbocycles. The summed E-state index contributed by atoms with van der Waals surface area (Å²) < 4.78 is 11.6. The first-order chi connectivity index (χ1) is 16.6. The SMILES string of the molecule is COc1ccccc1-c1nc2c(c3c1[nH]c1ccc(OCc4ccccc4)cc13)C(=O)NC2=O. The minimum Gasteiger partial charge on any atom is -0.496 e. The molecule has 0 bridgehead atoms. The molecule has 7 heteroatoms. The molecule has 5 aromatic rings. The lowest BCUT2D eigenvalue weighted by Crippen LogP contribution is -2.20. The van der Waals surface area contributed by atoms with Gasteiger partial charge in [-0.15, -0.1) is 0 Å². The average Bonchev–Trinajstić information content (AvgIpc) is 3.39. The van der Waals surface area contributed by atoms with Gasteiger partial charge < -0.3 is 14.5 Å². The van der Waals surface area contributed by atoms with Crippen molar-refractivity contribution in [2.24, 2.45) is 0 Å². The molecule has 2 N–H and O–H groups in total. The van der Waals surface area contributed by atoms with Crippen molar-refractivity contribution in [3.05, 3.63) is 89.6 Å². The number of aromatic amines is 1. The zero-order chi connectivity index (χ0) is 23.2. The molecule has 34 heavy (non-hydrogen) atoms. The predicted molar refractivity (Wildman–Crippen MR) is 128 cm³/mol. The number of carbonyl (C=O) groups is 2. The van der Waals surface area contributed by atoms with E-state index in [2.05, 4.69) is 15.3 Å². The summed E-state index contributed by atoms with van der Waals surface area (Å²) in [6, 6.07) is 23.0. The summed E-state index contributed by atoms with van der Waals surface area (Å²) in [7, 11) is 1.58. The number of rotatable bonds is 5. The highest BCUT2D eigenvalue weighted by atomic mass is 16.5. The fourth-order valence-corrected chi connectivity index (χ4v) is 4.43. The maximum Gasteiger partial charge on any atom is 0.277 e. The molecule has 6 rings (SSSR count). The number of ether oxygens (including phenoxy) is 2. The van der Waals surface area contributed by atoms with Crippen LogP contribution in [0.1, 0.15) is 26.4 Å². The molecular weight excluding hydrogens is 430 g/mol. The van der Waals surface area contributed by atoms with Crippen LogP contribution in [0.25, 0.3) is 33.1 Å². The minimum atomic E-state index is -0.510. The summed E-state index contributed by atoms with van der Waals surface area (Å²) in [6.45, 7) is 0.416. The molecule has 0 spiro atoms. The number of hydrogen-bond donors (Lipinski definition) is 2. The van der Waals surface area contributed by atoms with E-state index in [0.717, 1.165) is 22.0 Å². The first-order valence-electron chi connectivity index (χ1n) is 10.8. The quantitative estimate of drug-likeness (QED) is 0.374. The van der Waals surface area contributed by atoms with Crippen LogP contribution in [0.2, 0.25) is 0 Å². The van der Waals surface area contributed by atoms with Gasteiger partial charge in [-0.05, 0) is 35.9 Å². The lowest BCUT2D eigenvalue weighted by atomic mass is 10.0. The van der Waals surface area contributed by atoms with E-state index in [9.17, 15) is 9.59 Å². The average molecular weight is 449 g/mol. The van der Waals surface area contributed by atoms with Crippen LogP contribution in [0.3, 0.4) is 0 Å². The topological polar surface area (TPSA) is 93.3 Å². The Morgan fingerprint density at radius 2 is 1.68 bits per heavy atom. The number of H-pyrrole nitrogens is 1. The summed E-state index contributed by atoms with van der Waals surface area (Å²) >= 11 is 0. The second-order valence-electron chi connectivity index (χ2n) is 8.02. The van der Waals surface area contributed by atoms with Crippen molar-refractivity contribution in [1.29, 1.82) is 0 Å². The van der Waals surface area contributed by atoms with Crippen molar-refractivity contribution < 1.29 is 19.1 Å². The molecule has 1 aliphatic heterocycles. The fourth-order valence-electron chi connectivity index (χ4n) is 4.43. The van der Waals surface area contributed by atoms with Gasteiger partial charge in [-0.1, -0.05) is 42.5 Å². The second kappa shape index (κ2) is 7.74. The molecule has 3 heterocycles. The minimum absolute atomic E-state index is 0.106. The Bertz CT molecular complexity index is 1610. The third kappa shape index (κ3) is 3.09. The van der Waals surface area contributed by atoms with Gasteiger partial charge >= 0.3 is 0 Å². The number of methoxy groups -OCH3 is 1. The third-order valence-corrected chi connectivity index (χ3v) is 6.00. The number of nitrogens with one attached hydrogen (secondary N) is 2. The molecule has 0 radical (unpaired) electrons. The van der Waals surface area contributed by atoms with Crippen LogP contribution < -0.4 is 14.8 Å². The summed E-state index contributed by atoms with van der Waals surface area (Å²) in [6.07, 6.45) is 0. The van der Waals surface area contributed by atoms with Crippen LogP contribution in [-0.4, -0.2) is 28.9 Å². The van der Waals surface area contributed by atoms with Gasteiger partial charge in [0.1, 0.15) is 23.8 Å². The highest BCUT2D eigenvalue weighted by Crippen LogP contribution is 2.40. The molecule has 1 aliphatic rings. The van der Waals surface area contributed by atoms with Crippen LogP contribution in [0.4, 0.5) is 0 Å². The number of aromatic nitrogens is 2. The Morgan fingerprint density at radius 1 is 0.882 bits per heavy atom. The number of imide groups is 1.